The molecule has 116 valence electrons. The summed E-state index contributed by atoms with van der Waals surface area (Å²) >= 11 is 0. The van der Waals surface area contributed by atoms with E-state index in [2.05, 4.69) is 38.8 Å². The molecule has 0 atom stereocenters. The molecule has 1 amide bonds. The normalized spacial score (nSPS) is 17.0. The number of H-pyrrole nitrogens is 1. The molecule has 1 aliphatic carbocycles. The SMILES string of the molecule is CC(C)c1nnc2n1CCN(C(=O)c1n[nH]c3c1CCC3)C2. The standard InChI is InChI=1S/C15H20N6O/c1-9(2)14-19-17-12-8-20(6-7-21(12)14)15(22)13-10-4-3-5-11(10)16-18-13/h9H,3-8H2,1-2H3,(H,16,18). The van der Waals surface area contributed by atoms with Crippen molar-refractivity contribution in [2.45, 2.75) is 52.1 Å². The highest BCUT2D eigenvalue weighted by atomic mass is 16.2. The molecule has 7 heteroatoms. The zero-order chi connectivity index (χ0) is 15.3. The number of fused-ring (bicyclic) bond motifs is 2. The summed E-state index contributed by atoms with van der Waals surface area (Å²) in [7, 11) is 0. The zero-order valence-corrected chi connectivity index (χ0v) is 13.0. The summed E-state index contributed by atoms with van der Waals surface area (Å²) in [5.41, 5.74) is 2.84. The minimum absolute atomic E-state index is 0.0137. The predicted octanol–water partition coefficient (Wildman–Crippen LogP) is 1.27. The van der Waals surface area contributed by atoms with Crippen molar-refractivity contribution >= 4 is 5.91 Å². The van der Waals surface area contributed by atoms with Crippen LogP contribution >= 0.6 is 0 Å². The first-order valence-corrected chi connectivity index (χ1v) is 7.92. The number of hydrogen-bond acceptors (Lipinski definition) is 4. The lowest BCUT2D eigenvalue weighted by molar-refractivity contribution is 0.0699. The Bertz CT molecular complexity index is 728. The summed E-state index contributed by atoms with van der Waals surface area (Å²) in [5.74, 6) is 2.23. The topological polar surface area (TPSA) is 79.7 Å². The molecule has 0 unspecified atom stereocenters. The summed E-state index contributed by atoms with van der Waals surface area (Å²) in [6.45, 7) is 6.18. The minimum atomic E-state index is 0.0137. The van der Waals surface area contributed by atoms with Crippen LogP contribution in [0.3, 0.4) is 0 Å². The van der Waals surface area contributed by atoms with Gasteiger partial charge in [0.1, 0.15) is 5.82 Å². The fourth-order valence-corrected chi connectivity index (χ4v) is 3.43. The van der Waals surface area contributed by atoms with Crippen LogP contribution in [0.4, 0.5) is 0 Å². The van der Waals surface area contributed by atoms with Gasteiger partial charge in [-0.15, -0.1) is 10.2 Å². The molecule has 2 aromatic rings. The molecule has 0 fully saturated rings. The van der Waals surface area contributed by atoms with E-state index >= 15 is 0 Å². The molecule has 2 aliphatic rings. The molecule has 0 aromatic carbocycles. The summed E-state index contributed by atoms with van der Waals surface area (Å²) in [5, 5.41) is 15.8. The van der Waals surface area contributed by atoms with E-state index in [4.69, 9.17) is 0 Å². The third-order valence-corrected chi connectivity index (χ3v) is 4.59. The molecule has 4 rings (SSSR count). The smallest absolute Gasteiger partial charge is 0.275 e. The number of hydrogen-bond donors (Lipinski definition) is 1. The Hall–Kier alpha value is -2.18. The minimum Gasteiger partial charge on any atom is -0.328 e. The summed E-state index contributed by atoms with van der Waals surface area (Å²) in [6, 6.07) is 0. The maximum absolute atomic E-state index is 12.8. The van der Waals surface area contributed by atoms with Crippen LogP contribution in [0.2, 0.25) is 0 Å². The van der Waals surface area contributed by atoms with Gasteiger partial charge in [-0.05, 0) is 19.3 Å². The van der Waals surface area contributed by atoms with Crippen LogP contribution in [-0.4, -0.2) is 42.3 Å². The molecule has 0 radical (unpaired) electrons. The van der Waals surface area contributed by atoms with Crippen molar-refractivity contribution in [3.63, 3.8) is 0 Å². The van der Waals surface area contributed by atoms with Crippen LogP contribution in [0.15, 0.2) is 0 Å². The number of aromatic amines is 1. The van der Waals surface area contributed by atoms with Gasteiger partial charge in [-0.3, -0.25) is 9.89 Å². The fraction of sp³-hybridized carbons (Fsp3) is 0.600. The second kappa shape index (κ2) is 4.93. The van der Waals surface area contributed by atoms with Gasteiger partial charge < -0.3 is 9.47 Å². The van der Waals surface area contributed by atoms with Crippen LogP contribution in [-0.2, 0) is 25.9 Å². The molecule has 1 N–H and O–H groups in total. The number of amides is 1. The van der Waals surface area contributed by atoms with E-state index in [1.807, 2.05) is 4.90 Å². The van der Waals surface area contributed by atoms with Crippen LogP contribution in [0.25, 0.3) is 0 Å². The van der Waals surface area contributed by atoms with Gasteiger partial charge >= 0.3 is 0 Å². The summed E-state index contributed by atoms with van der Waals surface area (Å²) in [6.07, 6.45) is 3.06. The lowest BCUT2D eigenvalue weighted by atomic mass is 10.1. The van der Waals surface area contributed by atoms with Gasteiger partial charge in [-0.1, -0.05) is 13.8 Å². The lowest BCUT2D eigenvalue weighted by Crippen LogP contribution is -2.39. The van der Waals surface area contributed by atoms with E-state index in [0.29, 0.717) is 24.7 Å². The lowest BCUT2D eigenvalue weighted by Gasteiger charge is -2.28. The Morgan fingerprint density at radius 1 is 1.23 bits per heavy atom. The molecular weight excluding hydrogens is 280 g/mol. The zero-order valence-electron chi connectivity index (χ0n) is 13.0. The highest BCUT2D eigenvalue weighted by Gasteiger charge is 2.30. The number of carbonyl (C=O) groups is 1. The number of rotatable bonds is 2. The molecule has 0 spiro atoms. The maximum Gasteiger partial charge on any atom is 0.275 e. The fourth-order valence-electron chi connectivity index (χ4n) is 3.43. The van der Waals surface area contributed by atoms with Crippen LogP contribution < -0.4 is 0 Å². The van der Waals surface area contributed by atoms with Crippen LogP contribution in [0, 0.1) is 0 Å². The van der Waals surface area contributed by atoms with Crippen molar-refractivity contribution in [1.82, 2.24) is 29.9 Å². The summed E-state index contributed by atoms with van der Waals surface area (Å²) in [4.78, 5) is 14.6. The average molecular weight is 300 g/mol. The highest BCUT2D eigenvalue weighted by molar-refractivity contribution is 5.94. The highest BCUT2D eigenvalue weighted by Crippen LogP contribution is 2.25. The maximum atomic E-state index is 12.8. The van der Waals surface area contributed by atoms with Gasteiger partial charge in [-0.2, -0.15) is 5.10 Å². The van der Waals surface area contributed by atoms with Crippen molar-refractivity contribution in [3.8, 4) is 0 Å². The first kappa shape index (κ1) is 13.5. The molecule has 0 bridgehead atoms. The molecule has 1 aliphatic heterocycles. The van der Waals surface area contributed by atoms with E-state index in [1.165, 1.54) is 0 Å². The third kappa shape index (κ3) is 1.95. The molecular formula is C15H20N6O. The first-order chi connectivity index (χ1) is 10.6. The van der Waals surface area contributed by atoms with Gasteiger partial charge in [-0.25, -0.2) is 0 Å². The van der Waals surface area contributed by atoms with E-state index in [9.17, 15) is 4.79 Å². The quantitative estimate of drug-likeness (QED) is 0.905. The van der Waals surface area contributed by atoms with Gasteiger partial charge in [0.05, 0.1) is 6.54 Å². The Labute approximate surface area is 128 Å². The third-order valence-electron chi connectivity index (χ3n) is 4.59. The second-order valence-electron chi connectivity index (χ2n) is 6.39. The van der Waals surface area contributed by atoms with E-state index in [0.717, 1.165) is 48.7 Å². The Morgan fingerprint density at radius 3 is 2.91 bits per heavy atom. The average Bonchev–Trinajstić information content (AvgIpc) is 3.20. The first-order valence-electron chi connectivity index (χ1n) is 7.92. The Balaban J connectivity index is 1.58. The van der Waals surface area contributed by atoms with Gasteiger partial charge in [0, 0.05) is 30.3 Å². The molecule has 3 heterocycles. The molecule has 0 saturated heterocycles. The van der Waals surface area contributed by atoms with Crippen LogP contribution in [0.5, 0.6) is 0 Å². The predicted molar refractivity (Wildman–Crippen MR) is 79.5 cm³/mol. The Morgan fingerprint density at radius 2 is 2.09 bits per heavy atom. The number of carbonyl (C=O) groups excluding carboxylic acids is 1. The summed E-state index contributed by atoms with van der Waals surface area (Å²) < 4.78 is 2.14. The monoisotopic (exact) mass is 300 g/mol. The van der Waals surface area contributed by atoms with Crippen LogP contribution in [0.1, 0.15) is 59.6 Å². The number of aryl methyl sites for hydroxylation is 1. The van der Waals surface area contributed by atoms with E-state index in [1.54, 1.807) is 0 Å². The van der Waals surface area contributed by atoms with Crippen molar-refractivity contribution in [2.24, 2.45) is 0 Å². The van der Waals surface area contributed by atoms with Crippen molar-refractivity contribution in [2.75, 3.05) is 6.54 Å². The molecule has 0 saturated carbocycles. The number of nitrogens with one attached hydrogen (secondary N) is 1. The van der Waals surface area contributed by atoms with E-state index in [-0.39, 0.29) is 5.91 Å². The second-order valence-corrected chi connectivity index (χ2v) is 6.39. The molecule has 2 aromatic heterocycles. The van der Waals surface area contributed by atoms with Crippen molar-refractivity contribution < 1.29 is 4.79 Å². The van der Waals surface area contributed by atoms with Gasteiger partial charge in [0.25, 0.3) is 5.91 Å². The molecule has 7 nitrogen and oxygen atoms in total. The van der Waals surface area contributed by atoms with Crippen molar-refractivity contribution in [3.05, 3.63) is 28.6 Å². The largest absolute Gasteiger partial charge is 0.328 e. The number of aromatic nitrogens is 5. The van der Waals surface area contributed by atoms with Gasteiger partial charge in [0.15, 0.2) is 11.5 Å². The van der Waals surface area contributed by atoms with Gasteiger partial charge in [0.2, 0.25) is 0 Å². The molecule has 22 heavy (non-hydrogen) atoms. The van der Waals surface area contributed by atoms with E-state index < -0.39 is 0 Å². The number of nitrogens with zero attached hydrogens (tertiary/aromatic N) is 5. The Kier molecular flexibility index (Phi) is 3.02. The van der Waals surface area contributed by atoms with Crippen molar-refractivity contribution in [1.29, 1.82) is 0 Å².